The highest BCUT2D eigenvalue weighted by Gasteiger charge is 2.09. The van der Waals surface area contributed by atoms with Gasteiger partial charge in [0.15, 0.2) is 0 Å². The van der Waals surface area contributed by atoms with Crippen LogP contribution in [0.2, 0.25) is 5.02 Å². The molecule has 102 valence electrons. The number of rotatable bonds is 7. The fourth-order valence-corrected chi connectivity index (χ4v) is 2.58. The van der Waals surface area contributed by atoms with Crippen molar-refractivity contribution in [2.45, 2.75) is 39.2 Å². The molecule has 1 amide bonds. The lowest BCUT2D eigenvalue weighted by atomic mass is 10.0. The Morgan fingerprint density at radius 2 is 2.28 bits per heavy atom. The summed E-state index contributed by atoms with van der Waals surface area (Å²) < 4.78 is 0. The monoisotopic (exact) mass is 289 g/mol. The van der Waals surface area contributed by atoms with Crippen molar-refractivity contribution in [3.8, 4) is 0 Å². The summed E-state index contributed by atoms with van der Waals surface area (Å²) >= 11 is 7.38. The Kier molecular flexibility index (Phi) is 6.68. The van der Waals surface area contributed by atoms with E-state index in [1.54, 1.807) is 11.3 Å². The second-order valence-corrected chi connectivity index (χ2v) is 6.11. The van der Waals surface area contributed by atoms with Crippen LogP contribution in [0.15, 0.2) is 11.4 Å². The van der Waals surface area contributed by atoms with E-state index in [9.17, 15) is 9.90 Å². The van der Waals surface area contributed by atoms with Crippen molar-refractivity contribution >= 4 is 28.8 Å². The molecule has 0 spiro atoms. The van der Waals surface area contributed by atoms with Crippen LogP contribution in [0.25, 0.3) is 0 Å². The molecule has 0 bridgehead atoms. The van der Waals surface area contributed by atoms with Gasteiger partial charge >= 0.3 is 0 Å². The second-order valence-electron chi connectivity index (χ2n) is 4.68. The average Bonchev–Trinajstić information content (AvgIpc) is 2.72. The molecule has 0 saturated heterocycles. The first kappa shape index (κ1) is 15.5. The number of carbonyl (C=O) groups excluding carboxylic acids is 1. The molecule has 1 aromatic heterocycles. The fraction of sp³-hybridized carbons (Fsp3) is 0.615. The standard InChI is InChI=1S/C13H20ClNO2S/c1-9(2)12(16)5-6-15-13(17)4-3-11-7-10(14)8-18-11/h7-9,12,16H,3-6H2,1-2H3,(H,15,17). The van der Waals surface area contributed by atoms with E-state index >= 15 is 0 Å². The van der Waals surface area contributed by atoms with E-state index in [0.717, 1.165) is 16.3 Å². The second kappa shape index (κ2) is 7.77. The number of aryl methyl sites for hydroxylation is 1. The topological polar surface area (TPSA) is 49.3 Å². The Bertz CT molecular complexity index is 379. The number of aliphatic hydroxyl groups is 1. The Balaban J connectivity index is 2.14. The van der Waals surface area contributed by atoms with Gasteiger partial charge in [-0.15, -0.1) is 11.3 Å². The van der Waals surface area contributed by atoms with E-state index in [1.165, 1.54) is 0 Å². The van der Waals surface area contributed by atoms with Crippen molar-refractivity contribution in [2.24, 2.45) is 5.92 Å². The van der Waals surface area contributed by atoms with Gasteiger partial charge in [-0.3, -0.25) is 4.79 Å². The molecular formula is C13H20ClNO2S. The maximum Gasteiger partial charge on any atom is 0.220 e. The molecule has 1 aromatic rings. The van der Waals surface area contributed by atoms with Gasteiger partial charge in [-0.2, -0.15) is 0 Å². The normalized spacial score (nSPS) is 12.7. The van der Waals surface area contributed by atoms with Gasteiger partial charge in [0.1, 0.15) is 0 Å². The van der Waals surface area contributed by atoms with Gasteiger partial charge in [-0.1, -0.05) is 25.4 Å². The Labute approximate surface area is 117 Å². The van der Waals surface area contributed by atoms with Crippen LogP contribution in [-0.4, -0.2) is 23.7 Å². The summed E-state index contributed by atoms with van der Waals surface area (Å²) in [5.41, 5.74) is 0. The minimum atomic E-state index is -0.346. The zero-order valence-electron chi connectivity index (χ0n) is 10.8. The molecule has 0 aliphatic carbocycles. The molecule has 0 fully saturated rings. The molecule has 3 nitrogen and oxygen atoms in total. The summed E-state index contributed by atoms with van der Waals surface area (Å²) in [4.78, 5) is 12.7. The van der Waals surface area contributed by atoms with Gasteiger partial charge in [0.2, 0.25) is 5.91 Å². The summed E-state index contributed by atoms with van der Waals surface area (Å²) in [6, 6.07) is 1.89. The molecule has 0 radical (unpaired) electrons. The summed E-state index contributed by atoms with van der Waals surface area (Å²) in [6.45, 7) is 4.46. The number of hydrogen-bond acceptors (Lipinski definition) is 3. The third-order valence-electron chi connectivity index (χ3n) is 2.75. The Morgan fingerprint density at radius 1 is 1.56 bits per heavy atom. The number of carbonyl (C=O) groups is 1. The molecule has 0 aliphatic rings. The maximum absolute atomic E-state index is 11.6. The first-order valence-electron chi connectivity index (χ1n) is 6.16. The lowest BCUT2D eigenvalue weighted by Gasteiger charge is -2.14. The Hall–Kier alpha value is -0.580. The van der Waals surface area contributed by atoms with Crippen LogP contribution in [0.4, 0.5) is 0 Å². The lowest BCUT2D eigenvalue weighted by Crippen LogP contribution is -2.28. The average molecular weight is 290 g/mol. The number of hydrogen-bond donors (Lipinski definition) is 2. The molecular weight excluding hydrogens is 270 g/mol. The fourth-order valence-electron chi connectivity index (χ4n) is 1.50. The van der Waals surface area contributed by atoms with Crippen LogP contribution < -0.4 is 5.32 Å². The molecule has 1 unspecified atom stereocenters. The number of amides is 1. The van der Waals surface area contributed by atoms with Gasteiger partial charge in [0.05, 0.1) is 11.1 Å². The predicted molar refractivity (Wildman–Crippen MR) is 76.1 cm³/mol. The number of thiophene rings is 1. The van der Waals surface area contributed by atoms with Crippen LogP contribution >= 0.6 is 22.9 Å². The van der Waals surface area contributed by atoms with Gasteiger partial charge in [0.25, 0.3) is 0 Å². The van der Waals surface area contributed by atoms with Gasteiger partial charge in [-0.05, 0) is 24.8 Å². The van der Waals surface area contributed by atoms with E-state index in [1.807, 2.05) is 25.3 Å². The van der Waals surface area contributed by atoms with Crippen molar-refractivity contribution in [2.75, 3.05) is 6.54 Å². The molecule has 0 saturated carbocycles. The highest BCUT2D eigenvalue weighted by molar-refractivity contribution is 7.10. The van der Waals surface area contributed by atoms with Gasteiger partial charge < -0.3 is 10.4 Å². The molecule has 1 atom stereocenters. The van der Waals surface area contributed by atoms with Crippen LogP contribution in [-0.2, 0) is 11.2 Å². The highest BCUT2D eigenvalue weighted by Crippen LogP contribution is 2.20. The van der Waals surface area contributed by atoms with Crippen LogP contribution in [0.1, 0.15) is 31.6 Å². The Morgan fingerprint density at radius 3 is 2.83 bits per heavy atom. The van der Waals surface area contributed by atoms with E-state index < -0.39 is 0 Å². The zero-order chi connectivity index (χ0) is 13.5. The third-order valence-corrected chi connectivity index (χ3v) is 4.10. The number of halogens is 1. The highest BCUT2D eigenvalue weighted by atomic mass is 35.5. The molecule has 18 heavy (non-hydrogen) atoms. The molecule has 5 heteroatoms. The largest absolute Gasteiger partial charge is 0.393 e. The van der Waals surface area contributed by atoms with E-state index in [0.29, 0.717) is 19.4 Å². The van der Waals surface area contributed by atoms with Crippen molar-refractivity contribution < 1.29 is 9.90 Å². The van der Waals surface area contributed by atoms with Gasteiger partial charge in [0, 0.05) is 23.2 Å². The number of nitrogens with one attached hydrogen (secondary N) is 1. The first-order chi connectivity index (χ1) is 8.49. The van der Waals surface area contributed by atoms with Crippen molar-refractivity contribution in [1.29, 1.82) is 0 Å². The van der Waals surface area contributed by atoms with Crippen LogP contribution in [0.3, 0.4) is 0 Å². The van der Waals surface area contributed by atoms with Crippen molar-refractivity contribution in [3.63, 3.8) is 0 Å². The van der Waals surface area contributed by atoms with Crippen molar-refractivity contribution in [3.05, 3.63) is 21.3 Å². The molecule has 2 N–H and O–H groups in total. The summed E-state index contributed by atoms with van der Waals surface area (Å²) in [5.74, 6) is 0.255. The van der Waals surface area contributed by atoms with Crippen LogP contribution in [0.5, 0.6) is 0 Å². The molecule has 0 aromatic carbocycles. The summed E-state index contributed by atoms with van der Waals surface area (Å²) in [5, 5.41) is 15.0. The minimum absolute atomic E-state index is 0.0236. The van der Waals surface area contributed by atoms with Gasteiger partial charge in [-0.25, -0.2) is 0 Å². The quantitative estimate of drug-likeness (QED) is 0.811. The zero-order valence-corrected chi connectivity index (χ0v) is 12.4. The first-order valence-corrected chi connectivity index (χ1v) is 7.42. The van der Waals surface area contributed by atoms with E-state index in [4.69, 9.17) is 11.6 Å². The van der Waals surface area contributed by atoms with E-state index in [2.05, 4.69) is 5.32 Å². The maximum atomic E-state index is 11.6. The SMILES string of the molecule is CC(C)C(O)CCNC(=O)CCc1cc(Cl)cs1. The van der Waals surface area contributed by atoms with Crippen molar-refractivity contribution in [1.82, 2.24) is 5.32 Å². The number of aliphatic hydroxyl groups excluding tert-OH is 1. The lowest BCUT2D eigenvalue weighted by molar-refractivity contribution is -0.121. The van der Waals surface area contributed by atoms with E-state index in [-0.39, 0.29) is 17.9 Å². The molecule has 1 rings (SSSR count). The third kappa shape index (κ3) is 5.85. The smallest absolute Gasteiger partial charge is 0.220 e. The summed E-state index contributed by atoms with van der Waals surface area (Å²) in [6.07, 6.45) is 1.44. The predicted octanol–water partition coefficient (Wildman–Crippen LogP) is 2.86. The summed E-state index contributed by atoms with van der Waals surface area (Å²) in [7, 11) is 0. The molecule has 0 aliphatic heterocycles. The molecule has 1 heterocycles. The minimum Gasteiger partial charge on any atom is -0.393 e. The van der Waals surface area contributed by atoms with Crippen LogP contribution in [0, 0.1) is 5.92 Å².